The molecule has 0 bridgehead atoms. The molecule has 2 unspecified atom stereocenters. The fraction of sp³-hybridized carbons (Fsp3) is 0.600. The predicted molar refractivity (Wildman–Crippen MR) is 157 cm³/mol. The smallest absolute Gasteiger partial charge is 0.258 e. The highest BCUT2D eigenvalue weighted by Gasteiger charge is 2.53. The number of amides is 3. The lowest BCUT2D eigenvalue weighted by atomic mass is 9.85. The molecule has 1 aromatic carbocycles. The van der Waals surface area contributed by atoms with Crippen molar-refractivity contribution < 1.29 is 23.5 Å². The van der Waals surface area contributed by atoms with Gasteiger partial charge in [-0.2, -0.15) is 0 Å². The molecule has 1 aromatic heterocycles. The maximum Gasteiger partial charge on any atom is 0.258 e. The normalized spacial score (nSPS) is 18.6. The third-order valence-corrected chi connectivity index (χ3v) is 8.66. The summed E-state index contributed by atoms with van der Waals surface area (Å²) in [4.78, 5) is 46.5. The first-order valence-corrected chi connectivity index (χ1v) is 15.2. The van der Waals surface area contributed by atoms with Crippen LogP contribution < -0.4 is 20.7 Å². The molecule has 0 radical (unpaired) electrons. The van der Waals surface area contributed by atoms with Crippen molar-refractivity contribution in [1.29, 1.82) is 0 Å². The predicted octanol–water partition coefficient (Wildman–Crippen LogP) is 3.75. The second-order valence-electron chi connectivity index (χ2n) is 12.0. The largest absolute Gasteiger partial charge is 0.493 e. The van der Waals surface area contributed by atoms with Crippen molar-refractivity contribution in [1.82, 2.24) is 25.8 Å². The van der Waals surface area contributed by atoms with Gasteiger partial charge in [0, 0.05) is 18.7 Å². The van der Waals surface area contributed by atoms with Gasteiger partial charge in [-0.1, -0.05) is 32.9 Å². The molecule has 0 spiro atoms. The van der Waals surface area contributed by atoms with Crippen LogP contribution in [0.1, 0.15) is 64.1 Å². The molecule has 1 saturated carbocycles. The highest BCUT2D eigenvalue weighted by Crippen LogP contribution is 2.40. The van der Waals surface area contributed by atoms with Gasteiger partial charge in [-0.25, -0.2) is 9.37 Å². The first-order chi connectivity index (χ1) is 19.4. The number of alkyl halides is 1. The number of likely N-dealkylation sites (tertiary alicyclic amines) is 1. The van der Waals surface area contributed by atoms with Gasteiger partial charge in [-0.3, -0.25) is 14.4 Å². The van der Waals surface area contributed by atoms with Crippen LogP contribution in [-0.2, 0) is 20.9 Å². The summed E-state index contributed by atoms with van der Waals surface area (Å²) in [5.74, 6) is -0.667. The van der Waals surface area contributed by atoms with Crippen molar-refractivity contribution in [3.63, 3.8) is 0 Å². The quantitative estimate of drug-likeness (QED) is 0.326. The van der Waals surface area contributed by atoms with Gasteiger partial charge in [-0.15, -0.1) is 11.3 Å². The minimum Gasteiger partial charge on any atom is -0.493 e. The lowest BCUT2D eigenvalue weighted by Crippen LogP contribution is -2.58. The summed E-state index contributed by atoms with van der Waals surface area (Å²) < 4.78 is 20.5. The van der Waals surface area contributed by atoms with E-state index in [0.29, 0.717) is 31.7 Å². The molecule has 3 N–H and O–H groups in total. The number of benzene rings is 1. The summed E-state index contributed by atoms with van der Waals surface area (Å²) in [6, 6.07) is 4.35. The van der Waals surface area contributed by atoms with E-state index >= 15 is 0 Å². The standard InChI is InChI=1S/C30H42FN5O4S/c1-19-24(41-18-34-19)20-9-10-21(23(16-20)40-15-7-13-32-5)17-33-26(37)22-8-6-14-36(22)27(38)25(29(2,3)4)35-28(39)30(31)11-12-30/h9-10,16,18,22,25,32H,6-8,11-15,17H2,1-5H3,(H,33,37)(H,35,39). The van der Waals surface area contributed by atoms with Crippen LogP contribution >= 0.6 is 11.3 Å². The Kier molecular flexibility index (Phi) is 9.69. The Morgan fingerprint density at radius 3 is 2.66 bits per heavy atom. The maximum atomic E-state index is 14.4. The topological polar surface area (TPSA) is 113 Å². The summed E-state index contributed by atoms with van der Waals surface area (Å²) >= 11 is 1.57. The lowest BCUT2D eigenvalue weighted by Gasteiger charge is -2.35. The minimum atomic E-state index is -1.88. The Labute approximate surface area is 245 Å². The van der Waals surface area contributed by atoms with Crippen molar-refractivity contribution in [2.45, 2.75) is 84.1 Å². The van der Waals surface area contributed by atoms with Gasteiger partial charge < -0.3 is 25.6 Å². The maximum absolute atomic E-state index is 14.4. The number of thiazole rings is 1. The van der Waals surface area contributed by atoms with Crippen LogP contribution in [0.5, 0.6) is 5.75 Å². The molecule has 1 saturated heterocycles. The second kappa shape index (κ2) is 12.9. The summed E-state index contributed by atoms with van der Waals surface area (Å²) in [6.45, 7) is 9.45. The number of halogens is 1. The first-order valence-electron chi connectivity index (χ1n) is 14.3. The highest BCUT2D eigenvalue weighted by atomic mass is 32.1. The molecule has 2 heterocycles. The molecule has 1 aliphatic heterocycles. The Hall–Kier alpha value is -3.05. The molecule has 3 amide bonds. The molecule has 9 nitrogen and oxygen atoms in total. The average molecular weight is 588 g/mol. The van der Waals surface area contributed by atoms with Crippen molar-refractivity contribution >= 4 is 29.1 Å². The average Bonchev–Trinajstić information content (AvgIpc) is 3.30. The number of aryl methyl sites for hydroxylation is 1. The SMILES string of the molecule is CNCCCOc1cc(-c2scnc2C)ccc1CNC(=O)C1CCCN1C(=O)C(NC(=O)C1(F)CC1)C(C)(C)C. The molecule has 4 rings (SSSR count). The Balaban J connectivity index is 1.45. The molecular weight excluding hydrogens is 545 g/mol. The van der Waals surface area contributed by atoms with Crippen molar-refractivity contribution in [2.75, 3.05) is 26.7 Å². The zero-order valence-corrected chi connectivity index (χ0v) is 25.5. The number of hydrogen-bond acceptors (Lipinski definition) is 7. The molecule has 224 valence electrons. The van der Waals surface area contributed by atoms with Gasteiger partial charge in [0.1, 0.15) is 17.8 Å². The molecule has 41 heavy (non-hydrogen) atoms. The monoisotopic (exact) mass is 587 g/mol. The van der Waals surface area contributed by atoms with Gasteiger partial charge >= 0.3 is 0 Å². The molecule has 11 heteroatoms. The first kappa shape index (κ1) is 30.9. The second-order valence-corrected chi connectivity index (χ2v) is 12.9. The molecule has 2 aromatic rings. The number of nitrogens with one attached hydrogen (secondary N) is 3. The van der Waals surface area contributed by atoms with E-state index in [1.165, 1.54) is 4.90 Å². The number of carbonyl (C=O) groups excluding carboxylic acids is 3. The third kappa shape index (κ3) is 7.43. The highest BCUT2D eigenvalue weighted by molar-refractivity contribution is 7.13. The number of ether oxygens (including phenoxy) is 1. The van der Waals surface area contributed by atoms with E-state index in [9.17, 15) is 18.8 Å². The zero-order chi connectivity index (χ0) is 29.8. The number of carbonyl (C=O) groups is 3. The van der Waals surface area contributed by atoms with Crippen LogP contribution in [0, 0.1) is 12.3 Å². The van der Waals surface area contributed by atoms with Crippen LogP contribution in [0.25, 0.3) is 10.4 Å². The molecule has 2 aliphatic rings. The third-order valence-electron chi connectivity index (χ3n) is 7.68. The number of rotatable bonds is 12. The minimum absolute atomic E-state index is 0.171. The van der Waals surface area contributed by atoms with Crippen molar-refractivity contribution in [2.24, 2.45) is 5.41 Å². The molecule has 1 aliphatic carbocycles. The molecule has 2 atom stereocenters. The Bertz CT molecular complexity index is 1260. The van der Waals surface area contributed by atoms with E-state index in [1.54, 1.807) is 11.3 Å². The van der Waals surface area contributed by atoms with E-state index < -0.39 is 29.1 Å². The molecular formula is C30H42FN5O4S. The molecule has 2 fully saturated rings. The van der Waals surface area contributed by atoms with E-state index in [0.717, 1.165) is 34.7 Å². The van der Waals surface area contributed by atoms with Crippen LogP contribution in [0.4, 0.5) is 4.39 Å². The summed E-state index contributed by atoms with van der Waals surface area (Å²) in [7, 11) is 1.90. The summed E-state index contributed by atoms with van der Waals surface area (Å²) in [5.41, 5.74) is 2.08. The zero-order valence-electron chi connectivity index (χ0n) is 24.6. The van der Waals surface area contributed by atoms with E-state index in [1.807, 2.05) is 58.5 Å². The van der Waals surface area contributed by atoms with Gasteiger partial charge in [0.25, 0.3) is 5.91 Å². The summed E-state index contributed by atoms with van der Waals surface area (Å²) in [5, 5.41) is 8.77. The van der Waals surface area contributed by atoms with Crippen LogP contribution in [0.3, 0.4) is 0 Å². The van der Waals surface area contributed by atoms with E-state index in [4.69, 9.17) is 4.74 Å². The van der Waals surface area contributed by atoms with Crippen molar-refractivity contribution in [3.8, 4) is 16.2 Å². The fourth-order valence-electron chi connectivity index (χ4n) is 5.00. The van der Waals surface area contributed by atoms with E-state index in [2.05, 4.69) is 20.9 Å². The fourth-order valence-corrected chi connectivity index (χ4v) is 5.80. The van der Waals surface area contributed by atoms with Crippen LogP contribution in [-0.4, -0.2) is 72.1 Å². The van der Waals surface area contributed by atoms with Gasteiger partial charge in [0.05, 0.1) is 22.7 Å². The number of hydrogen-bond donors (Lipinski definition) is 3. The van der Waals surface area contributed by atoms with Crippen molar-refractivity contribution in [3.05, 3.63) is 35.0 Å². The van der Waals surface area contributed by atoms with Gasteiger partial charge in [0.2, 0.25) is 11.8 Å². The number of nitrogens with zero attached hydrogens (tertiary/aromatic N) is 2. The van der Waals surface area contributed by atoms with Gasteiger partial charge in [0.15, 0.2) is 5.67 Å². The summed E-state index contributed by atoms with van der Waals surface area (Å²) in [6.07, 6.45) is 2.37. The Morgan fingerprint density at radius 2 is 2.02 bits per heavy atom. The lowest BCUT2D eigenvalue weighted by molar-refractivity contribution is -0.144. The Morgan fingerprint density at radius 1 is 1.27 bits per heavy atom. The number of aromatic nitrogens is 1. The van der Waals surface area contributed by atoms with E-state index in [-0.39, 0.29) is 31.2 Å². The van der Waals surface area contributed by atoms with Crippen LogP contribution in [0.15, 0.2) is 23.7 Å². The van der Waals surface area contributed by atoms with Gasteiger partial charge in [-0.05, 0) is 69.7 Å². The van der Waals surface area contributed by atoms with Crippen LogP contribution in [0.2, 0.25) is 0 Å².